The van der Waals surface area contributed by atoms with E-state index in [1.165, 1.54) is 12.8 Å². The minimum atomic E-state index is -0.760. The van der Waals surface area contributed by atoms with Gasteiger partial charge in [-0.15, -0.1) is 0 Å². The lowest BCUT2D eigenvalue weighted by Gasteiger charge is -2.31. The van der Waals surface area contributed by atoms with Crippen LogP contribution >= 0.6 is 0 Å². The van der Waals surface area contributed by atoms with Gasteiger partial charge < -0.3 is 9.84 Å². The van der Waals surface area contributed by atoms with Crippen molar-refractivity contribution in [1.29, 1.82) is 0 Å². The fraction of sp³-hybridized carbons (Fsp3) is 0.536. The first-order chi connectivity index (χ1) is 15.9. The van der Waals surface area contributed by atoms with Crippen LogP contribution < -0.4 is 4.74 Å². The van der Waals surface area contributed by atoms with Crippen LogP contribution in [0.5, 0.6) is 5.75 Å². The predicted octanol–water partition coefficient (Wildman–Crippen LogP) is 6.38. The quantitative estimate of drug-likeness (QED) is 0.528. The molecule has 4 nitrogen and oxygen atoms in total. The molecular weight excluding hydrogens is 417 g/mol. The third-order valence-electron chi connectivity index (χ3n) is 7.46. The van der Waals surface area contributed by atoms with E-state index in [-0.39, 0.29) is 17.8 Å². The largest absolute Gasteiger partial charge is 0.490 e. The van der Waals surface area contributed by atoms with Gasteiger partial charge in [-0.05, 0) is 74.6 Å². The minimum Gasteiger partial charge on any atom is -0.490 e. The molecular formula is C28H36FNO3. The van der Waals surface area contributed by atoms with Crippen molar-refractivity contribution in [2.45, 2.75) is 65.0 Å². The van der Waals surface area contributed by atoms with Gasteiger partial charge in [-0.2, -0.15) is 0 Å². The van der Waals surface area contributed by atoms with Crippen molar-refractivity contribution in [1.82, 2.24) is 4.90 Å². The summed E-state index contributed by atoms with van der Waals surface area (Å²) in [6.07, 6.45) is 6.44. The smallest absolute Gasteiger partial charge is 0.307 e. The highest BCUT2D eigenvalue weighted by Gasteiger charge is 2.26. The zero-order chi connectivity index (χ0) is 23.4. The molecule has 1 atom stereocenters. The highest BCUT2D eigenvalue weighted by molar-refractivity contribution is 5.70. The summed E-state index contributed by atoms with van der Waals surface area (Å²) in [7, 11) is 0. The number of rotatable bonds is 7. The Bertz CT molecular complexity index is 935. The van der Waals surface area contributed by atoms with Gasteiger partial charge in [0.05, 0.1) is 12.0 Å². The summed E-state index contributed by atoms with van der Waals surface area (Å²) >= 11 is 0. The van der Waals surface area contributed by atoms with Gasteiger partial charge in [0.15, 0.2) is 0 Å². The Balaban J connectivity index is 1.39. The Hall–Kier alpha value is -2.40. The highest BCUT2D eigenvalue weighted by atomic mass is 19.1. The van der Waals surface area contributed by atoms with E-state index in [4.69, 9.17) is 4.74 Å². The van der Waals surface area contributed by atoms with Gasteiger partial charge in [-0.25, -0.2) is 4.39 Å². The monoisotopic (exact) mass is 453 g/mol. The lowest BCUT2D eigenvalue weighted by atomic mass is 9.80. The van der Waals surface area contributed by atoms with E-state index in [0.29, 0.717) is 30.6 Å². The van der Waals surface area contributed by atoms with Crippen LogP contribution in [-0.4, -0.2) is 35.2 Å². The second-order valence-corrected chi connectivity index (χ2v) is 10.1. The van der Waals surface area contributed by atoms with Crippen LogP contribution in [0.2, 0.25) is 0 Å². The molecule has 5 heteroatoms. The van der Waals surface area contributed by atoms with Crippen molar-refractivity contribution < 1.29 is 19.0 Å². The van der Waals surface area contributed by atoms with E-state index in [9.17, 15) is 9.90 Å². The highest BCUT2D eigenvalue weighted by Crippen LogP contribution is 2.33. The normalized spacial score (nSPS) is 24.1. The average Bonchev–Trinajstić information content (AvgIpc) is 2.82. The third kappa shape index (κ3) is 5.94. The standard InChI is InChI=1S/C28H36FNO3/c1-19(2)20-8-12-24(13-9-20)33-25-14-10-21(11-15-25)26-7-3-5-22(27(26)29)17-30-16-4-6-23(18-30)28(31)32/h3,5,7,10-11,14-15,19-20,23-24H,4,6,8-9,12-13,16-18H2,1-2H3,(H,31,32). The van der Waals surface area contributed by atoms with Crippen LogP contribution in [0, 0.1) is 23.6 Å². The average molecular weight is 454 g/mol. The van der Waals surface area contributed by atoms with Crippen molar-refractivity contribution in [2.24, 2.45) is 17.8 Å². The molecule has 0 radical (unpaired) electrons. The van der Waals surface area contributed by atoms with Crippen molar-refractivity contribution in [2.75, 3.05) is 13.1 Å². The number of carboxylic acids is 1. The Labute approximate surface area is 196 Å². The van der Waals surface area contributed by atoms with Crippen LogP contribution in [0.4, 0.5) is 4.39 Å². The Morgan fingerprint density at radius 1 is 1.09 bits per heavy atom. The number of benzene rings is 2. The van der Waals surface area contributed by atoms with E-state index in [0.717, 1.165) is 49.0 Å². The number of hydrogen-bond donors (Lipinski definition) is 1. The molecule has 178 valence electrons. The van der Waals surface area contributed by atoms with E-state index in [1.54, 1.807) is 12.1 Å². The molecule has 2 fully saturated rings. The summed E-state index contributed by atoms with van der Waals surface area (Å²) in [6, 6.07) is 13.2. The van der Waals surface area contributed by atoms with Crippen LogP contribution in [0.1, 0.15) is 57.9 Å². The molecule has 33 heavy (non-hydrogen) atoms. The number of nitrogens with zero attached hydrogens (tertiary/aromatic N) is 1. The van der Waals surface area contributed by atoms with Crippen LogP contribution in [0.15, 0.2) is 42.5 Å². The lowest BCUT2D eigenvalue weighted by molar-refractivity contribution is -0.143. The number of hydrogen-bond acceptors (Lipinski definition) is 3. The minimum absolute atomic E-state index is 0.226. The number of carboxylic acid groups (broad SMARTS) is 1. The summed E-state index contributed by atoms with van der Waals surface area (Å²) in [5.74, 6) is 1.04. The zero-order valence-electron chi connectivity index (χ0n) is 19.8. The summed E-state index contributed by atoms with van der Waals surface area (Å²) in [5.41, 5.74) is 2.01. The summed E-state index contributed by atoms with van der Waals surface area (Å²) in [4.78, 5) is 13.4. The second kappa shape index (κ2) is 10.7. The van der Waals surface area contributed by atoms with Gasteiger partial charge in [-0.1, -0.05) is 44.2 Å². The van der Waals surface area contributed by atoms with E-state index in [1.807, 2.05) is 30.3 Å². The van der Waals surface area contributed by atoms with Crippen LogP contribution in [0.3, 0.4) is 0 Å². The number of carbonyl (C=O) groups is 1. The molecule has 4 rings (SSSR count). The number of ether oxygens (including phenoxy) is 1. The van der Waals surface area contributed by atoms with E-state index < -0.39 is 5.97 Å². The number of aliphatic carboxylic acids is 1. The van der Waals surface area contributed by atoms with Gasteiger partial charge in [0, 0.05) is 24.2 Å². The Kier molecular flexibility index (Phi) is 7.69. The summed E-state index contributed by atoms with van der Waals surface area (Å²) in [5, 5.41) is 9.32. The molecule has 2 aromatic rings. The fourth-order valence-electron chi connectivity index (χ4n) is 5.35. The molecule has 0 spiro atoms. The molecule has 2 aliphatic rings. The summed E-state index contributed by atoms with van der Waals surface area (Å²) in [6.45, 7) is 6.32. The topological polar surface area (TPSA) is 49.8 Å². The summed E-state index contributed by atoms with van der Waals surface area (Å²) < 4.78 is 21.6. The van der Waals surface area contributed by atoms with E-state index >= 15 is 4.39 Å². The Morgan fingerprint density at radius 2 is 1.82 bits per heavy atom. The van der Waals surface area contributed by atoms with Crippen LogP contribution in [0.25, 0.3) is 11.1 Å². The molecule has 2 aromatic carbocycles. The molecule has 0 aromatic heterocycles. The third-order valence-corrected chi connectivity index (χ3v) is 7.46. The SMILES string of the molecule is CC(C)C1CCC(Oc2ccc(-c3cccc(CN4CCCC(C(=O)O)C4)c3F)cc2)CC1. The molecule has 0 bridgehead atoms. The first-order valence-corrected chi connectivity index (χ1v) is 12.4. The fourth-order valence-corrected chi connectivity index (χ4v) is 5.35. The maximum absolute atomic E-state index is 15.4. The van der Waals surface area contributed by atoms with Crippen molar-refractivity contribution >= 4 is 5.97 Å². The number of piperidine rings is 1. The van der Waals surface area contributed by atoms with Crippen molar-refractivity contribution in [3.05, 3.63) is 53.8 Å². The van der Waals surface area contributed by atoms with Crippen molar-refractivity contribution in [3.63, 3.8) is 0 Å². The molecule has 1 N–H and O–H groups in total. The van der Waals surface area contributed by atoms with Gasteiger partial charge in [0.1, 0.15) is 11.6 Å². The van der Waals surface area contributed by atoms with Gasteiger partial charge in [0.25, 0.3) is 0 Å². The van der Waals surface area contributed by atoms with Gasteiger partial charge in [-0.3, -0.25) is 9.69 Å². The molecule has 1 saturated carbocycles. The van der Waals surface area contributed by atoms with Crippen LogP contribution in [-0.2, 0) is 11.3 Å². The first kappa shape index (κ1) is 23.7. The molecule has 1 saturated heterocycles. The second-order valence-electron chi connectivity index (χ2n) is 10.1. The maximum Gasteiger partial charge on any atom is 0.307 e. The molecule has 1 aliphatic heterocycles. The maximum atomic E-state index is 15.4. The Morgan fingerprint density at radius 3 is 2.48 bits per heavy atom. The molecule has 1 heterocycles. The first-order valence-electron chi connectivity index (χ1n) is 12.4. The van der Waals surface area contributed by atoms with E-state index in [2.05, 4.69) is 18.7 Å². The lowest BCUT2D eigenvalue weighted by Crippen LogP contribution is -2.38. The van der Waals surface area contributed by atoms with Gasteiger partial charge in [0.2, 0.25) is 0 Å². The van der Waals surface area contributed by atoms with Crippen molar-refractivity contribution in [3.8, 4) is 16.9 Å². The number of halogens is 1. The molecule has 1 unspecified atom stereocenters. The predicted molar refractivity (Wildman–Crippen MR) is 129 cm³/mol. The molecule has 1 aliphatic carbocycles. The zero-order valence-corrected chi connectivity index (χ0v) is 19.8. The molecule has 0 amide bonds. The number of likely N-dealkylation sites (tertiary alicyclic amines) is 1. The van der Waals surface area contributed by atoms with Gasteiger partial charge >= 0.3 is 5.97 Å².